The Hall–Kier alpha value is -0.440. The molecule has 0 aliphatic carbocycles. The highest BCUT2D eigenvalue weighted by Gasteiger charge is 2.04. The molecule has 0 radical (unpaired) electrons. The standard InChI is InChI=1S/C15H13Cl4N/c16-12-5-4-10(14(18)8-12)6-7-20-9-11-2-1-3-13(17)15(11)19/h1-5,8,20H,6-7,9H2. The molecule has 0 fully saturated rings. The molecule has 2 aromatic rings. The third kappa shape index (κ3) is 4.28. The summed E-state index contributed by atoms with van der Waals surface area (Å²) < 4.78 is 0. The molecule has 0 saturated carbocycles. The van der Waals surface area contributed by atoms with Gasteiger partial charge in [-0.15, -0.1) is 0 Å². The van der Waals surface area contributed by atoms with Gasteiger partial charge in [0.05, 0.1) is 10.0 Å². The maximum absolute atomic E-state index is 6.12. The van der Waals surface area contributed by atoms with E-state index in [1.807, 2.05) is 24.3 Å². The highest BCUT2D eigenvalue weighted by atomic mass is 35.5. The Labute approximate surface area is 138 Å². The van der Waals surface area contributed by atoms with Gasteiger partial charge < -0.3 is 5.32 Å². The van der Waals surface area contributed by atoms with Crippen LogP contribution >= 0.6 is 46.4 Å². The lowest BCUT2D eigenvalue weighted by molar-refractivity contribution is 0.687. The summed E-state index contributed by atoms with van der Waals surface area (Å²) in [5.41, 5.74) is 2.06. The lowest BCUT2D eigenvalue weighted by atomic mass is 10.1. The van der Waals surface area contributed by atoms with E-state index in [0.717, 1.165) is 24.1 Å². The molecule has 0 aliphatic rings. The molecule has 0 amide bonds. The van der Waals surface area contributed by atoms with Gasteiger partial charge in [0.25, 0.3) is 0 Å². The van der Waals surface area contributed by atoms with Crippen molar-refractivity contribution in [2.24, 2.45) is 0 Å². The number of benzene rings is 2. The monoisotopic (exact) mass is 347 g/mol. The first-order valence-corrected chi connectivity index (χ1v) is 7.66. The Balaban J connectivity index is 1.86. The van der Waals surface area contributed by atoms with Crippen LogP contribution in [0.1, 0.15) is 11.1 Å². The summed E-state index contributed by atoms with van der Waals surface area (Å²) >= 11 is 24.1. The molecule has 0 spiro atoms. The van der Waals surface area contributed by atoms with Crippen LogP contribution in [0.5, 0.6) is 0 Å². The molecule has 2 rings (SSSR count). The lowest BCUT2D eigenvalue weighted by Crippen LogP contribution is -2.17. The molecule has 1 N–H and O–H groups in total. The van der Waals surface area contributed by atoms with Crippen molar-refractivity contribution in [2.75, 3.05) is 6.54 Å². The summed E-state index contributed by atoms with van der Waals surface area (Å²) in [6.07, 6.45) is 0.828. The third-order valence-corrected chi connectivity index (χ3v) is 4.38. The van der Waals surface area contributed by atoms with Gasteiger partial charge in [-0.1, -0.05) is 64.6 Å². The van der Waals surface area contributed by atoms with Crippen LogP contribution in [0.15, 0.2) is 36.4 Å². The summed E-state index contributed by atoms with van der Waals surface area (Å²) in [7, 11) is 0. The van der Waals surface area contributed by atoms with Crippen molar-refractivity contribution in [3.63, 3.8) is 0 Å². The van der Waals surface area contributed by atoms with Crippen LogP contribution in [-0.4, -0.2) is 6.54 Å². The van der Waals surface area contributed by atoms with Crippen LogP contribution in [0.3, 0.4) is 0 Å². The SMILES string of the molecule is Clc1ccc(CCNCc2cccc(Cl)c2Cl)c(Cl)c1. The molecule has 2 aromatic carbocycles. The maximum Gasteiger partial charge on any atom is 0.0637 e. The first-order chi connectivity index (χ1) is 9.58. The summed E-state index contributed by atoms with van der Waals surface area (Å²) in [5, 5.41) is 5.85. The van der Waals surface area contributed by atoms with E-state index in [0.29, 0.717) is 26.6 Å². The molecule has 0 atom stereocenters. The average molecular weight is 349 g/mol. The average Bonchev–Trinajstić information content (AvgIpc) is 2.41. The highest BCUT2D eigenvalue weighted by Crippen LogP contribution is 2.25. The minimum Gasteiger partial charge on any atom is -0.312 e. The van der Waals surface area contributed by atoms with Crippen LogP contribution in [0, 0.1) is 0 Å². The molecule has 0 heterocycles. The second kappa shape index (κ2) is 7.53. The van der Waals surface area contributed by atoms with Crippen molar-refractivity contribution in [3.05, 3.63) is 67.6 Å². The lowest BCUT2D eigenvalue weighted by Gasteiger charge is -2.09. The van der Waals surface area contributed by atoms with Gasteiger partial charge in [0.15, 0.2) is 0 Å². The van der Waals surface area contributed by atoms with Crippen molar-refractivity contribution in [2.45, 2.75) is 13.0 Å². The van der Waals surface area contributed by atoms with Gasteiger partial charge in [-0.3, -0.25) is 0 Å². The highest BCUT2D eigenvalue weighted by molar-refractivity contribution is 6.42. The van der Waals surface area contributed by atoms with Gasteiger partial charge in [-0.05, 0) is 42.3 Å². The molecule has 106 valence electrons. The molecular formula is C15H13Cl4N. The van der Waals surface area contributed by atoms with Crippen molar-refractivity contribution < 1.29 is 0 Å². The number of rotatable bonds is 5. The van der Waals surface area contributed by atoms with Crippen LogP contribution in [0.2, 0.25) is 20.1 Å². The molecule has 0 unspecified atom stereocenters. The number of halogens is 4. The Morgan fingerprint density at radius 3 is 2.40 bits per heavy atom. The maximum atomic E-state index is 6.12. The molecule has 0 aromatic heterocycles. The van der Waals surface area contributed by atoms with E-state index in [2.05, 4.69) is 5.32 Å². The Bertz CT molecular complexity index is 598. The van der Waals surface area contributed by atoms with Crippen LogP contribution in [0.25, 0.3) is 0 Å². The van der Waals surface area contributed by atoms with Gasteiger partial charge in [0, 0.05) is 16.6 Å². The summed E-state index contributed by atoms with van der Waals surface area (Å²) in [4.78, 5) is 0. The number of hydrogen-bond acceptors (Lipinski definition) is 1. The van der Waals surface area contributed by atoms with E-state index >= 15 is 0 Å². The fourth-order valence-electron chi connectivity index (χ4n) is 1.86. The summed E-state index contributed by atoms with van der Waals surface area (Å²) in [5.74, 6) is 0. The van der Waals surface area contributed by atoms with Gasteiger partial charge in [0.2, 0.25) is 0 Å². The van der Waals surface area contributed by atoms with Gasteiger partial charge in [-0.2, -0.15) is 0 Å². The molecule has 0 saturated heterocycles. The first kappa shape index (κ1) is 15.9. The summed E-state index contributed by atoms with van der Waals surface area (Å²) in [6.45, 7) is 1.47. The first-order valence-electron chi connectivity index (χ1n) is 6.15. The smallest absolute Gasteiger partial charge is 0.0637 e. The quantitative estimate of drug-likeness (QED) is 0.690. The van der Waals surface area contributed by atoms with E-state index in [1.165, 1.54) is 0 Å². The minimum absolute atomic E-state index is 0.576. The fraction of sp³-hybridized carbons (Fsp3) is 0.200. The molecule has 0 bridgehead atoms. The van der Waals surface area contributed by atoms with E-state index in [9.17, 15) is 0 Å². The Kier molecular flexibility index (Phi) is 6.01. The molecule has 20 heavy (non-hydrogen) atoms. The molecule has 1 nitrogen and oxygen atoms in total. The predicted octanol–water partition coefficient (Wildman–Crippen LogP) is 5.63. The number of nitrogens with one attached hydrogen (secondary N) is 1. The zero-order valence-corrected chi connectivity index (χ0v) is 13.6. The minimum atomic E-state index is 0.576. The zero-order chi connectivity index (χ0) is 14.5. The van der Waals surface area contributed by atoms with Crippen LogP contribution < -0.4 is 5.32 Å². The van der Waals surface area contributed by atoms with E-state index < -0.39 is 0 Å². The van der Waals surface area contributed by atoms with Gasteiger partial charge >= 0.3 is 0 Å². The second-order valence-electron chi connectivity index (χ2n) is 4.38. The largest absolute Gasteiger partial charge is 0.312 e. The van der Waals surface area contributed by atoms with Gasteiger partial charge in [0.1, 0.15) is 0 Å². The molecular weight excluding hydrogens is 336 g/mol. The van der Waals surface area contributed by atoms with Gasteiger partial charge in [-0.25, -0.2) is 0 Å². The van der Waals surface area contributed by atoms with Crippen LogP contribution in [0.4, 0.5) is 0 Å². The molecule has 5 heteroatoms. The van der Waals surface area contributed by atoms with E-state index in [-0.39, 0.29) is 0 Å². The number of hydrogen-bond donors (Lipinski definition) is 1. The zero-order valence-electron chi connectivity index (χ0n) is 10.6. The molecule has 0 aliphatic heterocycles. The van der Waals surface area contributed by atoms with E-state index in [4.69, 9.17) is 46.4 Å². The normalized spacial score (nSPS) is 10.8. The van der Waals surface area contributed by atoms with Crippen molar-refractivity contribution >= 4 is 46.4 Å². The van der Waals surface area contributed by atoms with E-state index in [1.54, 1.807) is 12.1 Å². The Morgan fingerprint density at radius 2 is 1.65 bits per heavy atom. The predicted molar refractivity (Wildman–Crippen MR) is 88.3 cm³/mol. The second-order valence-corrected chi connectivity index (χ2v) is 6.00. The van der Waals surface area contributed by atoms with Crippen molar-refractivity contribution in [1.29, 1.82) is 0 Å². The Morgan fingerprint density at radius 1 is 0.850 bits per heavy atom. The summed E-state index contributed by atoms with van der Waals surface area (Å²) in [6, 6.07) is 11.2. The third-order valence-electron chi connectivity index (χ3n) is 2.93. The van der Waals surface area contributed by atoms with Crippen molar-refractivity contribution in [3.8, 4) is 0 Å². The fourth-order valence-corrected chi connectivity index (χ4v) is 2.75. The van der Waals surface area contributed by atoms with Crippen molar-refractivity contribution in [1.82, 2.24) is 5.32 Å². The van der Waals surface area contributed by atoms with Crippen LogP contribution in [-0.2, 0) is 13.0 Å². The topological polar surface area (TPSA) is 12.0 Å².